The second-order valence-electron chi connectivity index (χ2n) is 5.87. The topological polar surface area (TPSA) is 15.3 Å². The molecule has 1 atom stereocenters. The van der Waals surface area contributed by atoms with E-state index in [4.69, 9.17) is 11.6 Å². The van der Waals surface area contributed by atoms with Crippen molar-refractivity contribution in [1.82, 2.24) is 5.32 Å². The van der Waals surface area contributed by atoms with Crippen LogP contribution < -0.4 is 10.2 Å². The number of nitrogens with zero attached hydrogens (tertiary/aromatic N) is 1. The minimum Gasteiger partial charge on any atom is -0.369 e. The Kier molecular flexibility index (Phi) is 5.70. The molecule has 1 unspecified atom stereocenters. The normalized spacial score (nSPS) is 19.1. The summed E-state index contributed by atoms with van der Waals surface area (Å²) in [6, 6.07) is 2.86. The highest BCUT2D eigenvalue weighted by Gasteiger charge is 2.25. The average molecular weight is 364 g/mol. The lowest BCUT2D eigenvalue weighted by molar-refractivity contribution is 0.477. The van der Waals surface area contributed by atoms with Crippen molar-refractivity contribution in [3.8, 4) is 0 Å². The summed E-state index contributed by atoms with van der Waals surface area (Å²) in [6.45, 7) is 8.45. The molecule has 5 heteroatoms. The van der Waals surface area contributed by atoms with Gasteiger partial charge in [-0.15, -0.1) is 0 Å². The van der Waals surface area contributed by atoms with Crippen LogP contribution in [0.25, 0.3) is 0 Å². The Morgan fingerprint density at radius 3 is 2.90 bits per heavy atom. The summed E-state index contributed by atoms with van der Waals surface area (Å²) in [4.78, 5) is 2.24. The molecule has 0 saturated carbocycles. The predicted molar refractivity (Wildman–Crippen MR) is 87.1 cm³/mol. The van der Waals surface area contributed by atoms with Gasteiger partial charge in [0.15, 0.2) is 0 Å². The van der Waals surface area contributed by atoms with E-state index >= 15 is 0 Å². The molecule has 1 heterocycles. The molecule has 112 valence electrons. The molecule has 1 aromatic carbocycles. The molecule has 2 rings (SSSR count). The van der Waals surface area contributed by atoms with Crippen molar-refractivity contribution in [1.29, 1.82) is 0 Å². The molecule has 0 bridgehead atoms. The first kappa shape index (κ1) is 16.1. The van der Waals surface area contributed by atoms with Gasteiger partial charge in [0.25, 0.3) is 0 Å². The standard InChI is InChI=1S/C15H21BrClFN2/c1-10(2)7-19-8-11-3-4-20(9-11)15-13(16)5-12(18)6-14(15)17/h5-6,10-11,19H,3-4,7-9H2,1-2H3. The Hall–Kier alpha value is -0.320. The van der Waals surface area contributed by atoms with E-state index in [9.17, 15) is 4.39 Å². The van der Waals surface area contributed by atoms with E-state index < -0.39 is 0 Å². The van der Waals surface area contributed by atoms with Crippen LogP contribution in [0.2, 0.25) is 5.02 Å². The molecule has 1 aromatic rings. The number of anilines is 1. The van der Waals surface area contributed by atoms with Crippen LogP contribution in [-0.4, -0.2) is 26.2 Å². The highest BCUT2D eigenvalue weighted by molar-refractivity contribution is 9.10. The number of rotatable bonds is 5. The van der Waals surface area contributed by atoms with E-state index in [1.165, 1.54) is 12.1 Å². The molecule has 1 saturated heterocycles. The first-order valence-corrected chi connectivity index (χ1v) is 8.24. The third kappa shape index (κ3) is 4.09. The number of benzene rings is 1. The third-order valence-electron chi connectivity index (χ3n) is 3.57. The molecule has 0 aliphatic carbocycles. The van der Waals surface area contributed by atoms with Crippen LogP contribution in [0.15, 0.2) is 16.6 Å². The molecule has 1 aliphatic rings. The van der Waals surface area contributed by atoms with Crippen molar-refractivity contribution in [3.05, 3.63) is 27.4 Å². The lowest BCUT2D eigenvalue weighted by Gasteiger charge is -2.22. The maximum absolute atomic E-state index is 13.3. The minimum atomic E-state index is -0.306. The number of halogens is 3. The van der Waals surface area contributed by atoms with E-state index in [1.807, 2.05) is 0 Å². The first-order chi connectivity index (χ1) is 9.47. The van der Waals surface area contributed by atoms with Gasteiger partial charge >= 0.3 is 0 Å². The van der Waals surface area contributed by atoms with Gasteiger partial charge in [0, 0.05) is 17.6 Å². The van der Waals surface area contributed by atoms with Gasteiger partial charge < -0.3 is 10.2 Å². The maximum Gasteiger partial charge on any atom is 0.125 e. The van der Waals surface area contributed by atoms with Crippen molar-refractivity contribution in [2.75, 3.05) is 31.1 Å². The largest absolute Gasteiger partial charge is 0.369 e. The fourth-order valence-electron chi connectivity index (χ4n) is 2.62. The minimum absolute atomic E-state index is 0.306. The van der Waals surface area contributed by atoms with E-state index in [2.05, 4.69) is 40.0 Å². The fraction of sp³-hybridized carbons (Fsp3) is 0.600. The lowest BCUT2D eigenvalue weighted by atomic mass is 10.1. The summed E-state index contributed by atoms with van der Waals surface area (Å²) in [5.74, 6) is 0.995. The van der Waals surface area contributed by atoms with Gasteiger partial charge in [0.2, 0.25) is 0 Å². The van der Waals surface area contributed by atoms with E-state index in [0.29, 0.717) is 16.9 Å². The van der Waals surface area contributed by atoms with Crippen molar-refractivity contribution in [2.24, 2.45) is 11.8 Å². The van der Waals surface area contributed by atoms with Gasteiger partial charge in [-0.05, 0) is 59.4 Å². The van der Waals surface area contributed by atoms with Crippen molar-refractivity contribution < 1.29 is 4.39 Å². The van der Waals surface area contributed by atoms with Gasteiger partial charge in [-0.1, -0.05) is 25.4 Å². The molecule has 20 heavy (non-hydrogen) atoms. The summed E-state index contributed by atoms with van der Waals surface area (Å²) in [7, 11) is 0. The molecule has 0 aromatic heterocycles. The number of hydrogen-bond acceptors (Lipinski definition) is 2. The Balaban J connectivity index is 1.96. The van der Waals surface area contributed by atoms with E-state index in [-0.39, 0.29) is 5.82 Å². The molecular weight excluding hydrogens is 343 g/mol. The van der Waals surface area contributed by atoms with Gasteiger partial charge in [0.1, 0.15) is 5.82 Å². The SMILES string of the molecule is CC(C)CNCC1CCN(c2c(Cl)cc(F)cc2Br)C1. The second kappa shape index (κ2) is 7.10. The van der Waals surface area contributed by atoms with Crippen LogP contribution in [0.5, 0.6) is 0 Å². The molecule has 1 N–H and O–H groups in total. The van der Waals surface area contributed by atoms with Crippen LogP contribution >= 0.6 is 27.5 Å². The van der Waals surface area contributed by atoms with E-state index in [1.54, 1.807) is 0 Å². The second-order valence-corrected chi connectivity index (χ2v) is 7.13. The summed E-state index contributed by atoms with van der Waals surface area (Å²) < 4.78 is 14.0. The molecule has 1 aliphatic heterocycles. The maximum atomic E-state index is 13.3. The zero-order chi connectivity index (χ0) is 14.7. The smallest absolute Gasteiger partial charge is 0.125 e. The molecule has 0 radical (unpaired) electrons. The molecule has 1 fully saturated rings. The quantitative estimate of drug-likeness (QED) is 0.838. The Morgan fingerprint density at radius 1 is 1.50 bits per heavy atom. The first-order valence-electron chi connectivity index (χ1n) is 7.07. The van der Waals surface area contributed by atoms with E-state index in [0.717, 1.165) is 42.8 Å². The summed E-state index contributed by atoms with van der Waals surface area (Å²) >= 11 is 9.60. The van der Waals surface area contributed by atoms with Crippen LogP contribution in [0.4, 0.5) is 10.1 Å². The van der Waals surface area contributed by atoms with Gasteiger partial charge in [-0.2, -0.15) is 0 Å². The van der Waals surface area contributed by atoms with Crippen LogP contribution in [0, 0.1) is 17.7 Å². The molecule has 0 spiro atoms. The number of hydrogen-bond donors (Lipinski definition) is 1. The van der Waals surface area contributed by atoms with Gasteiger partial charge in [0.05, 0.1) is 10.7 Å². The van der Waals surface area contributed by atoms with Crippen LogP contribution in [0.1, 0.15) is 20.3 Å². The van der Waals surface area contributed by atoms with Crippen molar-refractivity contribution in [2.45, 2.75) is 20.3 Å². The molecular formula is C15H21BrClFN2. The summed E-state index contributed by atoms with van der Waals surface area (Å²) in [6.07, 6.45) is 1.14. The average Bonchev–Trinajstić information content (AvgIpc) is 2.75. The monoisotopic (exact) mass is 362 g/mol. The van der Waals surface area contributed by atoms with Gasteiger partial charge in [-0.3, -0.25) is 0 Å². The third-order valence-corrected chi connectivity index (χ3v) is 4.46. The highest BCUT2D eigenvalue weighted by atomic mass is 79.9. The predicted octanol–water partition coefficient (Wildman–Crippen LogP) is 4.31. The lowest BCUT2D eigenvalue weighted by Crippen LogP contribution is -2.28. The summed E-state index contributed by atoms with van der Waals surface area (Å²) in [5.41, 5.74) is 0.916. The summed E-state index contributed by atoms with van der Waals surface area (Å²) in [5, 5.41) is 3.99. The van der Waals surface area contributed by atoms with Crippen LogP contribution in [-0.2, 0) is 0 Å². The van der Waals surface area contributed by atoms with Crippen molar-refractivity contribution >= 4 is 33.2 Å². The number of nitrogens with one attached hydrogen (secondary N) is 1. The Labute approximate surface area is 133 Å². The Bertz CT molecular complexity index is 444. The fourth-order valence-corrected chi connectivity index (χ4v) is 3.74. The van der Waals surface area contributed by atoms with Gasteiger partial charge in [-0.25, -0.2) is 4.39 Å². The zero-order valence-electron chi connectivity index (χ0n) is 11.9. The zero-order valence-corrected chi connectivity index (χ0v) is 14.3. The molecule has 0 amide bonds. The van der Waals surface area contributed by atoms with Crippen LogP contribution in [0.3, 0.4) is 0 Å². The molecule has 2 nitrogen and oxygen atoms in total. The Morgan fingerprint density at radius 2 is 2.25 bits per heavy atom. The van der Waals surface area contributed by atoms with Crippen molar-refractivity contribution in [3.63, 3.8) is 0 Å². The highest BCUT2D eigenvalue weighted by Crippen LogP contribution is 2.37.